The van der Waals surface area contributed by atoms with Crippen LogP contribution in [-0.4, -0.2) is 32.4 Å². The van der Waals surface area contributed by atoms with Crippen LogP contribution in [0.1, 0.15) is 0 Å². The van der Waals surface area contributed by atoms with Gasteiger partial charge in [-0.05, 0) is 0 Å². The molecule has 0 saturated heterocycles. The van der Waals surface area contributed by atoms with Crippen LogP contribution in [-0.2, 0) is 0 Å². The van der Waals surface area contributed by atoms with E-state index in [1.807, 2.05) is 0 Å². The Morgan fingerprint density at radius 2 is 0.965 bits per heavy atom. The summed E-state index contributed by atoms with van der Waals surface area (Å²) < 4.78 is 10.0. The van der Waals surface area contributed by atoms with Crippen LogP contribution in [0.25, 0.3) is 77.6 Å². The third-order valence-corrected chi connectivity index (χ3v) is 21.9. The van der Waals surface area contributed by atoms with Crippen molar-refractivity contribution in [1.82, 2.24) is 19.1 Å². The Hall–Kier alpha value is -7.02. The van der Waals surface area contributed by atoms with Crippen LogP contribution in [0, 0.1) is 0 Å². The third kappa shape index (κ3) is 4.50. The van der Waals surface area contributed by atoms with Gasteiger partial charge in [0.05, 0.1) is 0 Å². The Kier molecular flexibility index (Phi) is 7.07. The Bertz CT molecular complexity index is 3290. The van der Waals surface area contributed by atoms with E-state index in [0.717, 1.165) is 33.5 Å². The SMILES string of the molecule is c1ccc(-c2nc(-n3c4ccccc4c4c3ccc3c5ccccc5n(-c5ccccc5)c34)n[c]3c2-c2cccc[c]2[Ge]3([c]2ccccc2)[c]2ccccc2)cc1. The normalized spacial score (nSPS) is 13.1. The molecule has 266 valence electrons. The van der Waals surface area contributed by atoms with Gasteiger partial charge in [-0.25, -0.2) is 0 Å². The molecule has 0 aliphatic carbocycles. The Morgan fingerprint density at radius 1 is 0.404 bits per heavy atom. The van der Waals surface area contributed by atoms with Gasteiger partial charge in [0.2, 0.25) is 0 Å². The van der Waals surface area contributed by atoms with E-state index in [9.17, 15) is 0 Å². The molecule has 5 heteroatoms. The maximum absolute atomic E-state index is 5.94. The van der Waals surface area contributed by atoms with Gasteiger partial charge in [0.15, 0.2) is 0 Å². The quantitative estimate of drug-likeness (QED) is 0.163. The zero-order chi connectivity index (χ0) is 37.5. The van der Waals surface area contributed by atoms with Gasteiger partial charge in [-0.15, -0.1) is 0 Å². The first kappa shape index (κ1) is 32.2. The van der Waals surface area contributed by atoms with Crippen molar-refractivity contribution in [2.75, 3.05) is 0 Å². The summed E-state index contributed by atoms with van der Waals surface area (Å²) in [7, 11) is 0. The number of hydrogen-bond donors (Lipinski definition) is 0. The molecule has 3 aromatic heterocycles. The zero-order valence-corrected chi connectivity index (χ0v) is 33.0. The summed E-state index contributed by atoms with van der Waals surface area (Å²) in [5.74, 6) is 0.690. The van der Waals surface area contributed by atoms with Crippen LogP contribution < -0.4 is 17.7 Å². The number of rotatable bonds is 5. The molecule has 0 radical (unpaired) electrons. The predicted molar refractivity (Wildman–Crippen MR) is 239 cm³/mol. The van der Waals surface area contributed by atoms with Crippen LogP contribution in [0.5, 0.6) is 0 Å². The van der Waals surface area contributed by atoms with Gasteiger partial charge in [-0.3, -0.25) is 0 Å². The molecule has 0 bridgehead atoms. The van der Waals surface area contributed by atoms with Gasteiger partial charge in [0.25, 0.3) is 0 Å². The first-order valence-electron chi connectivity index (χ1n) is 19.5. The fraction of sp³-hybridized carbons (Fsp3) is 0. The van der Waals surface area contributed by atoms with Crippen LogP contribution in [0.3, 0.4) is 0 Å². The second-order valence-electron chi connectivity index (χ2n) is 14.9. The molecule has 0 atom stereocenters. The van der Waals surface area contributed by atoms with Crippen molar-refractivity contribution < 1.29 is 0 Å². The van der Waals surface area contributed by atoms with Crippen molar-refractivity contribution in [2.45, 2.75) is 0 Å². The molecule has 0 N–H and O–H groups in total. The second kappa shape index (κ2) is 12.5. The molecular weight excluding hydrogens is 753 g/mol. The topological polar surface area (TPSA) is 35.6 Å². The molecule has 0 fully saturated rings. The van der Waals surface area contributed by atoms with Gasteiger partial charge in [-0.2, -0.15) is 0 Å². The average molecular weight is 787 g/mol. The van der Waals surface area contributed by atoms with E-state index in [1.54, 1.807) is 0 Å². The number of nitrogens with zero attached hydrogens (tertiary/aromatic N) is 4. The molecule has 4 nitrogen and oxygen atoms in total. The molecule has 0 unspecified atom stereocenters. The van der Waals surface area contributed by atoms with Gasteiger partial charge >= 0.3 is 334 Å². The minimum absolute atomic E-state index is 0.690. The molecule has 1 aliphatic rings. The van der Waals surface area contributed by atoms with Crippen LogP contribution >= 0.6 is 0 Å². The molecule has 0 amide bonds. The Morgan fingerprint density at radius 3 is 1.67 bits per heavy atom. The molecule has 0 spiro atoms. The zero-order valence-electron chi connectivity index (χ0n) is 30.9. The molecule has 12 rings (SSSR count). The summed E-state index contributed by atoms with van der Waals surface area (Å²) in [5, 5.41) is 4.82. The molecule has 57 heavy (non-hydrogen) atoms. The van der Waals surface area contributed by atoms with Crippen LogP contribution in [0.15, 0.2) is 206 Å². The monoisotopic (exact) mass is 788 g/mol. The van der Waals surface area contributed by atoms with E-state index in [1.165, 1.54) is 55.9 Å². The summed E-state index contributed by atoms with van der Waals surface area (Å²) in [5.41, 5.74) is 10.1. The fourth-order valence-corrected chi connectivity index (χ4v) is 20.2. The van der Waals surface area contributed by atoms with Gasteiger partial charge in [-0.1, -0.05) is 0 Å². The minimum atomic E-state index is -3.75. The van der Waals surface area contributed by atoms with Gasteiger partial charge < -0.3 is 0 Å². The second-order valence-corrected chi connectivity index (χ2v) is 22.6. The first-order chi connectivity index (χ1) is 28.3. The third-order valence-electron chi connectivity index (χ3n) is 12.0. The van der Waals surface area contributed by atoms with E-state index in [4.69, 9.17) is 9.97 Å². The summed E-state index contributed by atoms with van der Waals surface area (Å²) in [6.07, 6.45) is 0. The maximum atomic E-state index is 5.94. The molecule has 8 aromatic carbocycles. The predicted octanol–water partition coefficient (Wildman–Crippen LogP) is 9.70. The molecule has 1 aliphatic heterocycles. The summed E-state index contributed by atoms with van der Waals surface area (Å²) >= 11 is -3.75. The number of hydrogen-bond acceptors (Lipinski definition) is 2. The van der Waals surface area contributed by atoms with Crippen molar-refractivity contribution in [3.63, 3.8) is 0 Å². The Balaban J connectivity index is 1.26. The molecule has 0 saturated carbocycles. The number of para-hydroxylation sites is 3. The number of aromatic nitrogens is 4. The number of benzene rings is 8. The summed E-state index contributed by atoms with van der Waals surface area (Å²) in [4.78, 5) is 11.6. The van der Waals surface area contributed by atoms with Gasteiger partial charge in [0, 0.05) is 0 Å². The van der Waals surface area contributed by atoms with Crippen molar-refractivity contribution in [1.29, 1.82) is 0 Å². The van der Waals surface area contributed by atoms with Crippen LogP contribution in [0.2, 0.25) is 0 Å². The summed E-state index contributed by atoms with van der Waals surface area (Å²) in [6.45, 7) is 0. The Labute approximate surface area is 332 Å². The van der Waals surface area contributed by atoms with E-state index >= 15 is 0 Å². The van der Waals surface area contributed by atoms with Crippen LogP contribution in [0.4, 0.5) is 0 Å². The van der Waals surface area contributed by atoms with Gasteiger partial charge in [0.1, 0.15) is 0 Å². The molecular formula is C52H34GeN4. The summed E-state index contributed by atoms with van der Waals surface area (Å²) in [6, 6.07) is 75.0. The van der Waals surface area contributed by atoms with E-state index in [-0.39, 0.29) is 0 Å². The standard InChI is InChI=1S/C52H34GeN4/c1-5-19-35(20-6-1)49-48-41-28-13-16-30-43(41)53(36-21-7-2-8-22-36,37-23-9-3-10-24-37)51(48)55-52(54-49)57-45-32-18-15-29-42(45)47-46(57)34-33-40-39-27-14-17-31-44(39)56(50(40)47)38-25-11-4-12-26-38/h1-34H. The molecule has 11 aromatic rings. The van der Waals surface area contributed by atoms with E-state index < -0.39 is 13.3 Å². The average Bonchev–Trinajstić information content (AvgIpc) is 3.92. The van der Waals surface area contributed by atoms with Crippen molar-refractivity contribution in [3.05, 3.63) is 206 Å². The van der Waals surface area contributed by atoms with Crippen molar-refractivity contribution in [2.24, 2.45) is 0 Å². The number of fused-ring (bicyclic) bond motifs is 10. The first-order valence-corrected chi connectivity index (χ1v) is 23.7. The van der Waals surface area contributed by atoms with Crippen molar-refractivity contribution in [3.8, 4) is 34.0 Å². The molecule has 4 heterocycles. The fourth-order valence-electron chi connectivity index (χ4n) is 9.73. The van der Waals surface area contributed by atoms with Crippen molar-refractivity contribution >= 4 is 74.6 Å². The van der Waals surface area contributed by atoms with E-state index in [0.29, 0.717) is 5.95 Å². The van der Waals surface area contributed by atoms with E-state index in [2.05, 4.69) is 215 Å².